The molecule has 0 saturated heterocycles. The number of aromatic nitrogens is 3. The Labute approximate surface area is 182 Å². The van der Waals surface area contributed by atoms with Gasteiger partial charge in [0.05, 0.1) is 12.2 Å². The van der Waals surface area contributed by atoms with E-state index in [1.807, 2.05) is 24.6 Å². The Hall–Kier alpha value is -2.43. The fourth-order valence-electron chi connectivity index (χ4n) is 4.83. The highest BCUT2D eigenvalue weighted by molar-refractivity contribution is 5.64. The SMILES string of the molecule is CCC(C)n1nc(-c2cnc(N)c(OC(F)(F)F)c2)cc1C1C2CC(NCC(F)F)CC21. The lowest BCUT2D eigenvalue weighted by molar-refractivity contribution is -0.274. The number of hydrogen-bond donors (Lipinski definition) is 2. The number of pyridine rings is 1. The van der Waals surface area contributed by atoms with E-state index in [0.717, 1.165) is 25.0 Å². The maximum atomic E-state index is 12.7. The molecule has 2 aromatic rings. The highest BCUT2D eigenvalue weighted by Crippen LogP contribution is 2.63. The van der Waals surface area contributed by atoms with Crippen LogP contribution < -0.4 is 15.8 Å². The Morgan fingerprint density at radius 2 is 1.94 bits per heavy atom. The van der Waals surface area contributed by atoms with Crippen molar-refractivity contribution >= 4 is 5.82 Å². The standard InChI is InChI=1S/C21H26F5N5O/c1-3-10(2)31-16(19-13-5-12(6-14(13)19)28-9-18(22)23)7-15(30-31)11-4-17(20(27)29-8-11)32-21(24,25)26/h4,7-8,10,12-14,18-19,28H,3,5-6,9H2,1-2H3,(H2,27,29). The molecule has 176 valence electrons. The van der Waals surface area contributed by atoms with E-state index in [-0.39, 0.29) is 30.4 Å². The number of anilines is 1. The normalized spacial score (nSPS) is 25.8. The smallest absolute Gasteiger partial charge is 0.402 e. The Kier molecular flexibility index (Phi) is 6.04. The first-order valence-electron chi connectivity index (χ1n) is 10.7. The molecule has 3 N–H and O–H groups in total. The number of nitrogens with two attached hydrogens (primary N) is 1. The molecule has 2 aromatic heterocycles. The molecule has 32 heavy (non-hydrogen) atoms. The molecule has 11 heteroatoms. The van der Waals surface area contributed by atoms with Crippen LogP contribution in [0.4, 0.5) is 27.8 Å². The molecular weight excluding hydrogens is 433 g/mol. The molecule has 2 aliphatic rings. The molecule has 2 heterocycles. The van der Waals surface area contributed by atoms with Crippen LogP contribution in [-0.2, 0) is 0 Å². The number of nitrogens with one attached hydrogen (secondary N) is 1. The van der Waals surface area contributed by atoms with Crippen LogP contribution >= 0.6 is 0 Å². The first-order chi connectivity index (χ1) is 15.1. The number of nitrogen functional groups attached to an aromatic ring is 1. The molecule has 0 aliphatic heterocycles. The van der Waals surface area contributed by atoms with Crippen LogP contribution in [0.1, 0.15) is 50.8 Å². The van der Waals surface area contributed by atoms with E-state index in [1.165, 1.54) is 12.3 Å². The van der Waals surface area contributed by atoms with E-state index in [9.17, 15) is 22.0 Å². The van der Waals surface area contributed by atoms with Gasteiger partial charge in [-0.2, -0.15) is 5.10 Å². The highest BCUT2D eigenvalue weighted by atomic mass is 19.4. The van der Waals surface area contributed by atoms with Crippen LogP contribution in [-0.4, -0.2) is 40.1 Å². The van der Waals surface area contributed by atoms with Gasteiger partial charge in [-0.3, -0.25) is 4.68 Å². The fraction of sp³-hybridized carbons (Fsp3) is 0.619. The largest absolute Gasteiger partial charge is 0.573 e. The summed E-state index contributed by atoms with van der Waals surface area (Å²) in [6.45, 7) is 3.77. The second kappa shape index (κ2) is 8.49. The van der Waals surface area contributed by atoms with Crippen LogP contribution in [0.3, 0.4) is 0 Å². The molecule has 3 unspecified atom stereocenters. The molecule has 2 fully saturated rings. The Balaban J connectivity index is 1.57. The van der Waals surface area contributed by atoms with Gasteiger partial charge in [0, 0.05) is 35.5 Å². The first-order valence-corrected chi connectivity index (χ1v) is 10.7. The van der Waals surface area contributed by atoms with Gasteiger partial charge in [0.25, 0.3) is 6.43 Å². The Morgan fingerprint density at radius 1 is 1.25 bits per heavy atom. The third-order valence-corrected chi connectivity index (χ3v) is 6.52. The van der Waals surface area contributed by atoms with E-state index < -0.39 is 18.5 Å². The number of hydrogen-bond acceptors (Lipinski definition) is 5. The van der Waals surface area contributed by atoms with Crippen LogP contribution in [0, 0.1) is 11.8 Å². The van der Waals surface area contributed by atoms with Gasteiger partial charge in [-0.25, -0.2) is 13.8 Å². The molecule has 2 aliphatic carbocycles. The Morgan fingerprint density at radius 3 is 2.53 bits per heavy atom. The van der Waals surface area contributed by atoms with Crippen LogP contribution in [0.5, 0.6) is 5.75 Å². The molecule has 0 aromatic carbocycles. The van der Waals surface area contributed by atoms with Gasteiger partial charge in [0.15, 0.2) is 11.6 Å². The fourth-order valence-corrected chi connectivity index (χ4v) is 4.83. The van der Waals surface area contributed by atoms with Crippen molar-refractivity contribution in [3.63, 3.8) is 0 Å². The van der Waals surface area contributed by atoms with Gasteiger partial charge in [-0.05, 0) is 50.2 Å². The van der Waals surface area contributed by atoms with Crippen LogP contribution in [0.25, 0.3) is 11.3 Å². The minimum absolute atomic E-state index is 0.0954. The topological polar surface area (TPSA) is 78.0 Å². The minimum Gasteiger partial charge on any atom is -0.402 e. The second-order valence-electron chi connectivity index (χ2n) is 8.63. The quantitative estimate of drug-likeness (QED) is 0.558. The number of fused-ring (bicyclic) bond motifs is 1. The summed E-state index contributed by atoms with van der Waals surface area (Å²) in [6, 6.07) is 3.28. The molecule has 3 atom stereocenters. The summed E-state index contributed by atoms with van der Waals surface area (Å²) in [5.74, 6) is 0.137. The van der Waals surface area contributed by atoms with E-state index in [0.29, 0.717) is 23.1 Å². The summed E-state index contributed by atoms with van der Waals surface area (Å²) in [6.07, 6.45) is -3.37. The zero-order valence-corrected chi connectivity index (χ0v) is 17.7. The molecule has 0 amide bonds. The van der Waals surface area contributed by atoms with Crippen molar-refractivity contribution in [3.05, 3.63) is 24.0 Å². The van der Waals surface area contributed by atoms with Crippen molar-refractivity contribution in [1.29, 1.82) is 0 Å². The predicted octanol–water partition coefficient (Wildman–Crippen LogP) is 4.74. The summed E-state index contributed by atoms with van der Waals surface area (Å²) in [7, 11) is 0. The number of rotatable bonds is 8. The van der Waals surface area contributed by atoms with Crippen molar-refractivity contribution < 1.29 is 26.7 Å². The molecule has 2 saturated carbocycles. The summed E-state index contributed by atoms with van der Waals surface area (Å²) in [5.41, 5.74) is 7.44. The maximum Gasteiger partial charge on any atom is 0.573 e. The van der Waals surface area contributed by atoms with Crippen molar-refractivity contribution in [3.8, 4) is 17.0 Å². The molecule has 0 bridgehead atoms. The molecule has 4 rings (SSSR count). The van der Waals surface area contributed by atoms with Crippen molar-refractivity contribution in [1.82, 2.24) is 20.1 Å². The lowest BCUT2D eigenvalue weighted by Gasteiger charge is -2.18. The minimum atomic E-state index is -4.88. The molecule has 0 radical (unpaired) electrons. The highest BCUT2D eigenvalue weighted by Gasteiger charge is 2.57. The molecule has 6 nitrogen and oxygen atoms in total. The average Bonchev–Trinajstić information content (AvgIpc) is 3.07. The van der Waals surface area contributed by atoms with Crippen molar-refractivity contribution in [2.75, 3.05) is 12.3 Å². The van der Waals surface area contributed by atoms with Gasteiger partial charge in [0.2, 0.25) is 0 Å². The van der Waals surface area contributed by atoms with Crippen molar-refractivity contribution in [2.45, 2.75) is 63.9 Å². The zero-order chi connectivity index (χ0) is 23.2. The van der Waals surface area contributed by atoms with Crippen molar-refractivity contribution in [2.24, 2.45) is 11.8 Å². The van der Waals surface area contributed by atoms with E-state index in [4.69, 9.17) is 5.73 Å². The summed E-state index contributed by atoms with van der Waals surface area (Å²) in [4.78, 5) is 3.84. The third kappa shape index (κ3) is 4.67. The number of nitrogens with zero attached hydrogens (tertiary/aromatic N) is 3. The predicted molar refractivity (Wildman–Crippen MR) is 108 cm³/mol. The maximum absolute atomic E-state index is 12.7. The van der Waals surface area contributed by atoms with Gasteiger partial charge in [-0.15, -0.1) is 13.2 Å². The van der Waals surface area contributed by atoms with Gasteiger partial charge in [-0.1, -0.05) is 6.92 Å². The van der Waals surface area contributed by atoms with Crippen LogP contribution in [0.15, 0.2) is 18.3 Å². The Bertz CT molecular complexity index is 951. The monoisotopic (exact) mass is 459 g/mol. The number of alkyl halides is 5. The molecular formula is C21H26F5N5O. The van der Waals surface area contributed by atoms with Gasteiger partial charge >= 0.3 is 6.36 Å². The van der Waals surface area contributed by atoms with E-state index >= 15 is 0 Å². The van der Waals surface area contributed by atoms with E-state index in [1.54, 1.807) is 0 Å². The van der Waals surface area contributed by atoms with Gasteiger partial charge in [0.1, 0.15) is 0 Å². The average molecular weight is 459 g/mol. The molecule has 0 spiro atoms. The summed E-state index contributed by atoms with van der Waals surface area (Å²) >= 11 is 0. The first kappa shape index (κ1) is 22.8. The summed E-state index contributed by atoms with van der Waals surface area (Å²) in [5, 5.41) is 7.60. The van der Waals surface area contributed by atoms with Crippen LogP contribution in [0.2, 0.25) is 0 Å². The number of halogens is 5. The lowest BCUT2D eigenvalue weighted by atomic mass is 10.0. The summed E-state index contributed by atoms with van der Waals surface area (Å²) < 4.78 is 68.9. The second-order valence-corrected chi connectivity index (χ2v) is 8.63. The third-order valence-electron chi connectivity index (χ3n) is 6.52. The van der Waals surface area contributed by atoms with E-state index in [2.05, 4.69) is 20.1 Å². The van der Waals surface area contributed by atoms with Gasteiger partial charge < -0.3 is 15.8 Å². The lowest BCUT2D eigenvalue weighted by Crippen LogP contribution is -2.32. The zero-order valence-electron chi connectivity index (χ0n) is 17.7. The number of ether oxygens (including phenoxy) is 1.